The molecule has 0 aromatic heterocycles. The molecule has 26 heavy (non-hydrogen) atoms. The van der Waals surface area contributed by atoms with E-state index in [1.54, 1.807) is 12.2 Å². The van der Waals surface area contributed by atoms with Crippen molar-refractivity contribution in [2.24, 2.45) is 11.8 Å². The highest BCUT2D eigenvalue weighted by Crippen LogP contribution is 2.34. The highest BCUT2D eigenvalue weighted by molar-refractivity contribution is 5.84. The zero-order valence-electron chi connectivity index (χ0n) is 15.5. The maximum atomic E-state index is 12.1. The minimum Gasteiger partial charge on any atom is -0.550 e. The van der Waals surface area contributed by atoms with Gasteiger partial charge in [0.25, 0.3) is 0 Å². The first kappa shape index (κ1) is 22.8. The molecule has 0 spiro atoms. The molecule has 6 heteroatoms. The van der Waals surface area contributed by atoms with Crippen LogP contribution >= 0.6 is 0 Å². The Morgan fingerprint density at radius 2 is 1.85 bits per heavy atom. The van der Waals surface area contributed by atoms with Crippen molar-refractivity contribution in [3.05, 3.63) is 12.2 Å². The van der Waals surface area contributed by atoms with Gasteiger partial charge in [0.1, 0.15) is 5.78 Å². The van der Waals surface area contributed by atoms with E-state index in [0.29, 0.717) is 19.3 Å². The van der Waals surface area contributed by atoms with Crippen LogP contribution in [0.5, 0.6) is 0 Å². The number of carboxylic acid groups (broad SMARTS) is 1. The average molecular weight is 369 g/mol. The van der Waals surface area contributed by atoms with Crippen LogP contribution in [-0.4, -0.2) is 45.9 Å². The number of ketones is 1. The molecule has 0 saturated heterocycles. The molecule has 1 aliphatic carbocycles. The van der Waals surface area contributed by atoms with Crippen LogP contribution in [-0.2, 0) is 9.59 Å². The summed E-state index contributed by atoms with van der Waals surface area (Å²) < 4.78 is 0. The smallest absolute Gasteiger partial charge is 0.139 e. The lowest BCUT2D eigenvalue weighted by Gasteiger charge is -2.18. The highest BCUT2D eigenvalue weighted by atomic mass is 16.4. The van der Waals surface area contributed by atoms with Crippen LogP contribution in [0.15, 0.2) is 12.2 Å². The summed E-state index contributed by atoms with van der Waals surface area (Å²) in [4.78, 5) is 22.5. The minimum absolute atomic E-state index is 0.0688. The topological polar surface area (TPSA) is 118 Å². The van der Waals surface area contributed by atoms with E-state index in [0.717, 1.165) is 38.5 Å². The lowest BCUT2D eigenvalue weighted by Crippen LogP contribution is -2.21. The van der Waals surface area contributed by atoms with Gasteiger partial charge in [-0.15, -0.1) is 0 Å². The number of Topliss-reactive ketones (excluding diaryl/α,β-unsaturated/α-hetero) is 1. The van der Waals surface area contributed by atoms with Crippen molar-refractivity contribution in [3.8, 4) is 0 Å². The fraction of sp³-hybridized carbons (Fsp3) is 0.800. The Bertz CT molecular complexity index is 448. The van der Waals surface area contributed by atoms with Gasteiger partial charge >= 0.3 is 0 Å². The summed E-state index contributed by atoms with van der Waals surface area (Å²) >= 11 is 0. The van der Waals surface area contributed by atoms with Gasteiger partial charge in [0.15, 0.2) is 0 Å². The van der Waals surface area contributed by atoms with E-state index >= 15 is 0 Å². The molecule has 4 atom stereocenters. The maximum Gasteiger partial charge on any atom is 0.139 e. The zero-order chi connectivity index (χ0) is 19.4. The largest absolute Gasteiger partial charge is 0.550 e. The summed E-state index contributed by atoms with van der Waals surface area (Å²) in [6.45, 7) is 0.164. The van der Waals surface area contributed by atoms with Gasteiger partial charge in [0, 0.05) is 30.8 Å². The summed E-state index contributed by atoms with van der Waals surface area (Å²) in [6, 6.07) is 0. The maximum absolute atomic E-state index is 12.1. The van der Waals surface area contributed by atoms with E-state index in [1.165, 1.54) is 0 Å². The van der Waals surface area contributed by atoms with Crippen LogP contribution in [0.1, 0.15) is 70.6 Å². The Morgan fingerprint density at radius 1 is 1.15 bits per heavy atom. The Balaban J connectivity index is 2.37. The Morgan fingerprint density at radius 3 is 2.54 bits per heavy atom. The van der Waals surface area contributed by atoms with Gasteiger partial charge in [-0.25, -0.2) is 0 Å². The molecule has 1 rings (SSSR count). The van der Waals surface area contributed by atoms with Crippen molar-refractivity contribution in [2.75, 3.05) is 6.61 Å². The van der Waals surface area contributed by atoms with Crippen molar-refractivity contribution in [2.45, 2.75) is 82.8 Å². The van der Waals surface area contributed by atoms with Crippen LogP contribution < -0.4 is 5.11 Å². The van der Waals surface area contributed by atoms with Crippen molar-refractivity contribution >= 4 is 11.8 Å². The number of hydrogen-bond donors (Lipinski definition) is 3. The van der Waals surface area contributed by atoms with E-state index < -0.39 is 18.2 Å². The molecule has 0 unspecified atom stereocenters. The number of carboxylic acids is 1. The number of unbranched alkanes of at least 4 members (excludes halogenated alkanes) is 5. The second kappa shape index (κ2) is 13.0. The van der Waals surface area contributed by atoms with Crippen molar-refractivity contribution in [1.29, 1.82) is 0 Å². The number of hydrogen-bond acceptors (Lipinski definition) is 6. The molecule has 150 valence electrons. The monoisotopic (exact) mass is 369 g/mol. The second-order valence-corrected chi connectivity index (χ2v) is 7.27. The SMILES string of the molecule is O=C([O-])CCCCCC[C@H]1C(=O)C[C@@H](O)[C@@H]1/C=C/[C@@H](O)CCCCCO. The molecular weight excluding hydrogens is 336 g/mol. The first-order chi connectivity index (χ1) is 12.5. The number of carbonyl (C=O) groups excluding carboxylic acids is 2. The normalized spacial score (nSPS) is 24.4. The van der Waals surface area contributed by atoms with E-state index in [1.807, 2.05) is 0 Å². The molecule has 0 radical (unpaired) electrons. The van der Waals surface area contributed by atoms with E-state index in [4.69, 9.17) is 5.11 Å². The summed E-state index contributed by atoms with van der Waals surface area (Å²) in [6.07, 6.45) is 9.20. The highest BCUT2D eigenvalue weighted by Gasteiger charge is 2.39. The Hall–Kier alpha value is -1.24. The van der Waals surface area contributed by atoms with E-state index in [9.17, 15) is 24.9 Å². The van der Waals surface area contributed by atoms with Gasteiger partial charge < -0.3 is 25.2 Å². The van der Waals surface area contributed by atoms with E-state index in [2.05, 4.69) is 0 Å². The Kier molecular flexibility index (Phi) is 11.4. The summed E-state index contributed by atoms with van der Waals surface area (Å²) in [7, 11) is 0. The molecule has 6 nitrogen and oxygen atoms in total. The molecule has 1 aliphatic rings. The van der Waals surface area contributed by atoms with Crippen LogP contribution in [0.2, 0.25) is 0 Å². The predicted molar refractivity (Wildman–Crippen MR) is 96.0 cm³/mol. The predicted octanol–water partition coefficient (Wildman–Crippen LogP) is 1.11. The fourth-order valence-electron chi connectivity index (χ4n) is 3.57. The van der Waals surface area contributed by atoms with Gasteiger partial charge in [-0.3, -0.25) is 4.79 Å². The second-order valence-electron chi connectivity index (χ2n) is 7.27. The Labute approximate surface area is 155 Å². The van der Waals surface area contributed by atoms with Crippen LogP contribution in [0.3, 0.4) is 0 Å². The third kappa shape index (κ3) is 8.92. The third-order valence-corrected chi connectivity index (χ3v) is 5.09. The fourth-order valence-corrected chi connectivity index (χ4v) is 3.57. The first-order valence-corrected chi connectivity index (χ1v) is 9.83. The van der Waals surface area contributed by atoms with Gasteiger partial charge in [-0.2, -0.15) is 0 Å². The number of rotatable bonds is 14. The molecule has 0 amide bonds. The standard InChI is InChI=1S/C20H34O6/c21-13-7-3-4-8-15(22)11-12-17-16(18(23)14-19(17)24)9-5-1-2-6-10-20(25)26/h11-12,15-17,19,21-22,24H,1-10,13-14H2,(H,25,26)/p-1/b12-11+/t15-,16+,17+,19+/m0/s1. The van der Waals surface area contributed by atoms with Crippen molar-refractivity contribution < 1.29 is 30.0 Å². The van der Waals surface area contributed by atoms with Crippen molar-refractivity contribution in [1.82, 2.24) is 0 Å². The molecule has 0 heterocycles. The van der Waals surface area contributed by atoms with Crippen LogP contribution in [0, 0.1) is 11.8 Å². The average Bonchev–Trinajstić information content (AvgIpc) is 2.85. The molecule has 1 fully saturated rings. The van der Waals surface area contributed by atoms with Crippen molar-refractivity contribution in [3.63, 3.8) is 0 Å². The first-order valence-electron chi connectivity index (χ1n) is 9.83. The number of aliphatic hydroxyl groups excluding tert-OH is 3. The molecule has 0 aliphatic heterocycles. The lowest BCUT2D eigenvalue weighted by atomic mass is 9.88. The van der Waals surface area contributed by atoms with Gasteiger partial charge in [0.05, 0.1) is 12.2 Å². The van der Waals surface area contributed by atoms with Gasteiger partial charge in [0.2, 0.25) is 0 Å². The number of aliphatic carboxylic acids is 1. The minimum atomic E-state index is -1.03. The molecule has 3 N–H and O–H groups in total. The van der Waals surface area contributed by atoms with Gasteiger partial charge in [-0.05, 0) is 32.1 Å². The molecule has 0 aromatic rings. The molecule has 1 saturated carbocycles. The molecule has 0 bridgehead atoms. The van der Waals surface area contributed by atoms with Crippen LogP contribution in [0.4, 0.5) is 0 Å². The summed E-state index contributed by atoms with van der Waals surface area (Å²) in [5, 5.41) is 39.2. The number of carbonyl (C=O) groups is 2. The zero-order valence-corrected chi connectivity index (χ0v) is 15.5. The van der Waals surface area contributed by atoms with E-state index in [-0.39, 0.29) is 37.1 Å². The summed E-state index contributed by atoms with van der Waals surface area (Å²) in [5.41, 5.74) is 0. The summed E-state index contributed by atoms with van der Waals surface area (Å²) in [5.74, 6) is -1.43. The molecular formula is C20H33O6-. The molecule has 0 aromatic carbocycles. The van der Waals surface area contributed by atoms with Gasteiger partial charge in [-0.1, -0.05) is 44.3 Å². The number of aliphatic hydroxyl groups is 3. The van der Waals surface area contributed by atoms with Crippen LogP contribution in [0.25, 0.3) is 0 Å². The quantitative estimate of drug-likeness (QED) is 0.312. The third-order valence-electron chi connectivity index (χ3n) is 5.09. The lowest BCUT2D eigenvalue weighted by molar-refractivity contribution is -0.305.